The molecule has 2 aromatic carbocycles. The van der Waals surface area contributed by atoms with Crippen molar-refractivity contribution in [3.05, 3.63) is 54.6 Å². The number of ether oxygens (including phenoxy) is 1. The molecule has 1 aliphatic heterocycles. The Morgan fingerprint density at radius 1 is 0.955 bits per heavy atom. The fourth-order valence-corrected chi connectivity index (χ4v) is 2.30. The number of benzene rings is 2. The van der Waals surface area contributed by atoms with Crippen molar-refractivity contribution in [2.75, 3.05) is 31.5 Å². The number of hydrogen-bond acceptors (Lipinski definition) is 3. The topological polar surface area (TPSA) is 53.6 Å². The zero-order valence-corrected chi connectivity index (χ0v) is 12.3. The molecule has 0 aliphatic carbocycles. The predicted molar refractivity (Wildman–Crippen MR) is 86.4 cm³/mol. The van der Waals surface area contributed by atoms with Crippen LogP contribution >= 0.6 is 0 Å². The molecule has 2 amide bonds. The Bertz CT molecular complexity index is 608. The number of carbonyl (C=O) groups is 1. The van der Waals surface area contributed by atoms with Crippen LogP contribution in [0.25, 0.3) is 0 Å². The third-order valence-corrected chi connectivity index (χ3v) is 3.49. The molecule has 3 rings (SSSR count). The van der Waals surface area contributed by atoms with E-state index in [0.717, 1.165) is 43.4 Å². The first-order chi connectivity index (χ1) is 10.8. The van der Waals surface area contributed by atoms with E-state index in [4.69, 9.17) is 4.74 Å². The lowest BCUT2D eigenvalue weighted by Crippen LogP contribution is -2.48. The van der Waals surface area contributed by atoms with Crippen LogP contribution in [0.4, 0.5) is 10.5 Å². The number of anilines is 1. The number of rotatable bonds is 3. The summed E-state index contributed by atoms with van der Waals surface area (Å²) >= 11 is 0. The Morgan fingerprint density at radius 3 is 2.27 bits per heavy atom. The van der Waals surface area contributed by atoms with Gasteiger partial charge < -0.3 is 20.3 Å². The molecule has 5 heteroatoms. The summed E-state index contributed by atoms with van der Waals surface area (Å²) in [6.07, 6.45) is 0. The van der Waals surface area contributed by atoms with Gasteiger partial charge in [-0.3, -0.25) is 0 Å². The Labute approximate surface area is 129 Å². The van der Waals surface area contributed by atoms with E-state index in [-0.39, 0.29) is 6.03 Å². The van der Waals surface area contributed by atoms with E-state index >= 15 is 0 Å². The average Bonchev–Trinajstić information content (AvgIpc) is 2.58. The first-order valence-electron chi connectivity index (χ1n) is 7.41. The van der Waals surface area contributed by atoms with Crippen LogP contribution in [0.15, 0.2) is 54.6 Å². The highest BCUT2D eigenvalue weighted by molar-refractivity contribution is 5.89. The summed E-state index contributed by atoms with van der Waals surface area (Å²) in [7, 11) is 0. The minimum atomic E-state index is -0.0572. The molecule has 0 unspecified atom stereocenters. The Kier molecular flexibility index (Phi) is 4.56. The van der Waals surface area contributed by atoms with Crippen LogP contribution in [0, 0.1) is 0 Å². The fourth-order valence-electron chi connectivity index (χ4n) is 2.30. The smallest absolute Gasteiger partial charge is 0.321 e. The molecule has 0 saturated carbocycles. The molecule has 22 heavy (non-hydrogen) atoms. The molecule has 0 bridgehead atoms. The molecule has 0 aromatic heterocycles. The van der Waals surface area contributed by atoms with Gasteiger partial charge in [0.25, 0.3) is 0 Å². The van der Waals surface area contributed by atoms with Crippen molar-refractivity contribution in [1.29, 1.82) is 0 Å². The van der Waals surface area contributed by atoms with E-state index in [1.54, 1.807) is 0 Å². The number of carbonyl (C=O) groups excluding carboxylic acids is 1. The summed E-state index contributed by atoms with van der Waals surface area (Å²) in [6, 6.07) is 16.9. The molecular formula is C17H19N3O2. The fraction of sp³-hybridized carbons (Fsp3) is 0.235. The first-order valence-corrected chi connectivity index (χ1v) is 7.41. The quantitative estimate of drug-likeness (QED) is 0.916. The van der Waals surface area contributed by atoms with Gasteiger partial charge in [-0.25, -0.2) is 4.79 Å². The van der Waals surface area contributed by atoms with Crippen LogP contribution in [0.1, 0.15) is 0 Å². The highest BCUT2D eigenvalue weighted by atomic mass is 16.5. The lowest BCUT2D eigenvalue weighted by Gasteiger charge is -2.27. The maximum Gasteiger partial charge on any atom is 0.321 e. The monoisotopic (exact) mass is 297 g/mol. The van der Waals surface area contributed by atoms with Crippen molar-refractivity contribution in [2.45, 2.75) is 0 Å². The van der Waals surface area contributed by atoms with E-state index in [2.05, 4.69) is 10.6 Å². The molecule has 0 radical (unpaired) electrons. The molecule has 1 saturated heterocycles. The molecule has 1 fully saturated rings. The molecule has 2 N–H and O–H groups in total. The lowest BCUT2D eigenvalue weighted by molar-refractivity contribution is 0.204. The molecule has 1 heterocycles. The number of piperazine rings is 1. The first kappa shape index (κ1) is 14.4. The van der Waals surface area contributed by atoms with Gasteiger partial charge in [-0.05, 0) is 36.4 Å². The second-order valence-corrected chi connectivity index (χ2v) is 5.11. The van der Waals surface area contributed by atoms with Crippen LogP contribution in [0.5, 0.6) is 11.5 Å². The number of nitrogens with one attached hydrogen (secondary N) is 2. The van der Waals surface area contributed by atoms with Gasteiger partial charge in [0.05, 0.1) is 0 Å². The van der Waals surface area contributed by atoms with Crippen LogP contribution in [0.2, 0.25) is 0 Å². The minimum absolute atomic E-state index is 0.0572. The standard InChI is InChI=1S/C17H19N3O2/c21-17(20-12-10-18-11-13-20)19-14-6-8-16(9-7-14)22-15-4-2-1-3-5-15/h1-9,18H,10-13H2,(H,19,21). The van der Waals surface area contributed by atoms with Crippen LogP contribution in [0.3, 0.4) is 0 Å². The van der Waals surface area contributed by atoms with E-state index in [9.17, 15) is 4.79 Å². The lowest BCUT2D eigenvalue weighted by atomic mass is 10.3. The summed E-state index contributed by atoms with van der Waals surface area (Å²) in [6.45, 7) is 3.16. The summed E-state index contributed by atoms with van der Waals surface area (Å²) in [5.41, 5.74) is 0.768. The van der Waals surface area contributed by atoms with Gasteiger partial charge in [0.2, 0.25) is 0 Å². The summed E-state index contributed by atoms with van der Waals surface area (Å²) in [4.78, 5) is 13.9. The molecular weight excluding hydrogens is 278 g/mol. The average molecular weight is 297 g/mol. The zero-order chi connectivity index (χ0) is 15.2. The molecule has 0 spiro atoms. The van der Waals surface area contributed by atoms with Crippen LogP contribution in [-0.4, -0.2) is 37.1 Å². The third-order valence-electron chi connectivity index (χ3n) is 3.49. The zero-order valence-electron chi connectivity index (χ0n) is 12.3. The van der Waals surface area contributed by atoms with Crippen molar-refractivity contribution < 1.29 is 9.53 Å². The second-order valence-electron chi connectivity index (χ2n) is 5.11. The van der Waals surface area contributed by atoms with Gasteiger partial charge in [0.1, 0.15) is 11.5 Å². The van der Waals surface area contributed by atoms with Crippen molar-refractivity contribution in [2.24, 2.45) is 0 Å². The number of nitrogens with zero attached hydrogens (tertiary/aromatic N) is 1. The molecule has 2 aromatic rings. The largest absolute Gasteiger partial charge is 0.457 e. The number of amides is 2. The normalized spacial score (nSPS) is 14.5. The summed E-state index contributed by atoms with van der Waals surface area (Å²) < 4.78 is 5.72. The Morgan fingerprint density at radius 2 is 1.59 bits per heavy atom. The number of para-hydroxylation sites is 1. The molecule has 5 nitrogen and oxygen atoms in total. The van der Waals surface area contributed by atoms with Gasteiger partial charge in [-0.1, -0.05) is 18.2 Å². The Balaban J connectivity index is 1.58. The van der Waals surface area contributed by atoms with Gasteiger partial charge in [-0.2, -0.15) is 0 Å². The second kappa shape index (κ2) is 6.95. The highest BCUT2D eigenvalue weighted by Crippen LogP contribution is 2.22. The van der Waals surface area contributed by atoms with Crippen molar-refractivity contribution >= 4 is 11.7 Å². The maximum absolute atomic E-state index is 12.1. The number of urea groups is 1. The van der Waals surface area contributed by atoms with Crippen molar-refractivity contribution in [1.82, 2.24) is 10.2 Å². The summed E-state index contributed by atoms with van der Waals surface area (Å²) in [5.74, 6) is 1.53. The predicted octanol–water partition coefficient (Wildman–Crippen LogP) is 2.92. The molecule has 1 aliphatic rings. The maximum atomic E-state index is 12.1. The van der Waals surface area contributed by atoms with Gasteiger partial charge >= 0.3 is 6.03 Å². The van der Waals surface area contributed by atoms with E-state index in [0.29, 0.717) is 0 Å². The van der Waals surface area contributed by atoms with Gasteiger partial charge in [-0.15, -0.1) is 0 Å². The van der Waals surface area contributed by atoms with E-state index in [1.807, 2.05) is 59.5 Å². The highest BCUT2D eigenvalue weighted by Gasteiger charge is 2.15. The van der Waals surface area contributed by atoms with Crippen molar-refractivity contribution in [3.8, 4) is 11.5 Å². The van der Waals surface area contributed by atoms with Gasteiger partial charge in [0.15, 0.2) is 0 Å². The number of hydrogen-bond donors (Lipinski definition) is 2. The molecule has 0 atom stereocenters. The van der Waals surface area contributed by atoms with Crippen LogP contribution < -0.4 is 15.4 Å². The summed E-state index contributed by atoms with van der Waals surface area (Å²) in [5, 5.41) is 6.13. The SMILES string of the molecule is O=C(Nc1ccc(Oc2ccccc2)cc1)N1CCNCC1. The van der Waals surface area contributed by atoms with E-state index in [1.165, 1.54) is 0 Å². The van der Waals surface area contributed by atoms with Gasteiger partial charge in [0, 0.05) is 31.9 Å². The molecule has 114 valence electrons. The van der Waals surface area contributed by atoms with E-state index < -0.39 is 0 Å². The minimum Gasteiger partial charge on any atom is -0.457 e. The third kappa shape index (κ3) is 3.77. The van der Waals surface area contributed by atoms with Crippen molar-refractivity contribution in [3.63, 3.8) is 0 Å². The Hall–Kier alpha value is -2.53. The van der Waals surface area contributed by atoms with Crippen LogP contribution in [-0.2, 0) is 0 Å².